The van der Waals surface area contributed by atoms with Crippen molar-refractivity contribution >= 4 is 39.1 Å². The number of hydrogen-bond donors (Lipinski definition) is 1. The molecule has 0 aromatic heterocycles. The van der Waals surface area contributed by atoms with Crippen LogP contribution in [0, 0.1) is 11.7 Å². The summed E-state index contributed by atoms with van der Waals surface area (Å²) in [7, 11) is -4.24. The third-order valence-electron chi connectivity index (χ3n) is 6.45. The van der Waals surface area contributed by atoms with Gasteiger partial charge >= 0.3 is 0 Å². The molecule has 1 atom stereocenters. The van der Waals surface area contributed by atoms with Crippen LogP contribution in [0.25, 0.3) is 0 Å². The van der Waals surface area contributed by atoms with E-state index in [1.807, 2.05) is 20.8 Å². The molecule has 0 bridgehead atoms. The van der Waals surface area contributed by atoms with Crippen LogP contribution in [0.4, 0.5) is 10.1 Å². The quantitative estimate of drug-likeness (QED) is 0.252. The number of nitrogens with one attached hydrogen (secondary N) is 1. The molecule has 0 aliphatic carbocycles. The number of rotatable bonds is 14. The van der Waals surface area contributed by atoms with Crippen LogP contribution in [0.1, 0.15) is 39.7 Å². The van der Waals surface area contributed by atoms with E-state index in [0.717, 1.165) is 4.31 Å². The summed E-state index contributed by atoms with van der Waals surface area (Å²) >= 11 is 6.00. The van der Waals surface area contributed by atoms with Crippen LogP contribution >= 0.6 is 11.6 Å². The van der Waals surface area contributed by atoms with Gasteiger partial charge in [-0.15, -0.1) is 0 Å². The Kier molecular flexibility index (Phi) is 11.8. The fourth-order valence-electron chi connectivity index (χ4n) is 4.27. The second-order valence-electron chi connectivity index (χ2n) is 10.1. The highest BCUT2D eigenvalue weighted by Gasteiger charge is 2.33. The summed E-state index contributed by atoms with van der Waals surface area (Å²) in [5.41, 5.74) is 0.828. The van der Waals surface area contributed by atoms with Crippen LogP contribution in [-0.2, 0) is 26.2 Å². The molecule has 1 N–H and O–H groups in total. The number of halogens is 2. The molecule has 226 valence electrons. The zero-order chi connectivity index (χ0) is 30.9. The van der Waals surface area contributed by atoms with Crippen LogP contribution in [0.15, 0.2) is 77.7 Å². The summed E-state index contributed by atoms with van der Waals surface area (Å²) < 4.78 is 48.0. The number of amides is 2. The zero-order valence-electron chi connectivity index (χ0n) is 24.2. The predicted molar refractivity (Wildman–Crippen MR) is 162 cm³/mol. The molecule has 3 rings (SSSR count). The molecule has 0 fully saturated rings. The van der Waals surface area contributed by atoms with E-state index in [1.54, 1.807) is 31.2 Å². The minimum Gasteiger partial charge on any atom is -0.494 e. The Morgan fingerprint density at radius 1 is 0.952 bits per heavy atom. The number of anilines is 1. The number of carbonyl (C=O) groups is 2. The SMILES string of the molecule is CCOc1ccc(N(CC(=O)N(Cc2ccc(F)cc2)[C@@H](CC)C(=O)NCC(C)C)S(=O)(=O)c2ccc(Cl)cc2)cc1. The maximum Gasteiger partial charge on any atom is 0.264 e. The smallest absolute Gasteiger partial charge is 0.264 e. The zero-order valence-corrected chi connectivity index (χ0v) is 25.8. The molecule has 8 nitrogen and oxygen atoms in total. The van der Waals surface area contributed by atoms with Gasteiger partial charge in [0.15, 0.2) is 0 Å². The van der Waals surface area contributed by atoms with Gasteiger partial charge in [0.1, 0.15) is 24.2 Å². The molecular formula is C31H37ClFN3O5S. The first-order chi connectivity index (χ1) is 20.0. The fraction of sp³-hybridized carbons (Fsp3) is 0.355. The lowest BCUT2D eigenvalue weighted by atomic mass is 10.1. The van der Waals surface area contributed by atoms with Crippen molar-refractivity contribution in [3.63, 3.8) is 0 Å². The normalized spacial score (nSPS) is 12.1. The Morgan fingerprint density at radius 3 is 2.12 bits per heavy atom. The number of benzene rings is 3. The van der Waals surface area contributed by atoms with E-state index in [4.69, 9.17) is 16.3 Å². The number of nitrogens with zero attached hydrogens (tertiary/aromatic N) is 2. The predicted octanol–water partition coefficient (Wildman–Crippen LogP) is 5.65. The molecule has 0 unspecified atom stereocenters. The lowest BCUT2D eigenvalue weighted by molar-refractivity contribution is -0.140. The monoisotopic (exact) mass is 617 g/mol. The first-order valence-corrected chi connectivity index (χ1v) is 15.6. The van der Waals surface area contributed by atoms with E-state index in [0.29, 0.717) is 29.5 Å². The minimum atomic E-state index is -4.24. The molecule has 0 aliphatic rings. The topological polar surface area (TPSA) is 96.0 Å². The molecule has 3 aromatic carbocycles. The van der Waals surface area contributed by atoms with Crippen molar-refractivity contribution in [3.05, 3.63) is 89.2 Å². The summed E-state index contributed by atoms with van der Waals surface area (Å²) in [5.74, 6) is -0.657. The van der Waals surface area contributed by atoms with Crippen molar-refractivity contribution < 1.29 is 27.1 Å². The number of ether oxygens (including phenoxy) is 1. The van der Waals surface area contributed by atoms with Crippen molar-refractivity contribution in [2.75, 3.05) is 24.0 Å². The number of sulfonamides is 1. The molecule has 11 heteroatoms. The van der Waals surface area contributed by atoms with E-state index in [9.17, 15) is 22.4 Å². The van der Waals surface area contributed by atoms with Crippen molar-refractivity contribution in [3.8, 4) is 5.75 Å². The standard InChI is InChI=1S/C31H37ClFN3O5S/c1-5-29(31(38)34-19-22(3)4)35(20-23-7-11-25(33)12-8-23)30(37)21-36(26-13-15-27(16-14-26)41-6-2)42(39,40)28-17-9-24(32)10-18-28/h7-18,22,29H,5-6,19-21H2,1-4H3,(H,34,38)/t29-/m0/s1. The Hall–Kier alpha value is -3.63. The number of carbonyl (C=O) groups excluding carboxylic acids is 2. The Balaban J connectivity index is 2.04. The molecule has 0 saturated carbocycles. The van der Waals surface area contributed by atoms with Gasteiger partial charge in [0.2, 0.25) is 11.8 Å². The van der Waals surface area contributed by atoms with E-state index in [-0.39, 0.29) is 35.4 Å². The van der Waals surface area contributed by atoms with Crippen LogP contribution in [-0.4, -0.2) is 50.9 Å². The lowest BCUT2D eigenvalue weighted by Gasteiger charge is -2.33. The maximum absolute atomic E-state index is 14.1. The molecule has 0 spiro atoms. The average molecular weight is 618 g/mol. The van der Waals surface area contributed by atoms with Crippen LogP contribution < -0.4 is 14.4 Å². The highest BCUT2D eigenvalue weighted by molar-refractivity contribution is 7.92. The van der Waals surface area contributed by atoms with Gasteiger partial charge in [-0.3, -0.25) is 13.9 Å². The van der Waals surface area contributed by atoms with Gasteiger partial charge in [-0.2, -0.15) is 0 Å². The molecule has 2 amide bonds. The highest BCUT2D eigenvalue weighted by Crippen LogP contribution is 2.27. The average Bonchev–Trinajstić information content (AvgIpc) is 2.96. The second kappa shape index (κ2) is 15.0. The third kappa shape index (κ3) is 8.69. The molecule has 0 aliphatic heterocycles. The van der Waals surface area contributed by atoms with Gasteiger partial charge in [-0.1, -0.05) is 44.5 Å². The van der Waals surface area contributed by atoms with Crippen LogP contribution in [0.3, 0.4) is 0 Å². The van der Waals surface area contributed by atoms with Gasteiger partial charge in [0.05, 0.1) is 17.2 Å². The molecular weight excluding hydrogens is 581 g/mol. The van der Waals surface area contributed by atoms with Gasteiger partial charge < -0.3 is 15.0 Å². The summed E-state index contributed by atoms with van der Waals surface area (Å²) in [6.07, 6.45) is 0.282. The van der Waals surface area contributed by atoms with Crippen molar-refractivity contribution in [1.82, 2.24) is 10.2 Å². The van der Waals surface area contributed by atoms with Crippen molar-refractivity contribution in [2.24, 2.45) is 5.92 Å². The first-order valence-electron chi connectivity index (χ1n) is 13.8. The largest absolute Gasteiger partial charge is 0.494 e. The van der Waals surface area contributed by atoms with Crippen molar-refractivity contribution in [1.29, 1.82) is 0 Å². The molecule has 0 radical (unpaired) electrons. The van der Waals surface area contributed by atoms with Crippen LogP contribution in [0.2, 0.25) is 5.02 Å². The Morgan fingerprint density at radius 2 is 1.57 bits per heavy atom. The molecule has 0 saturated heterocycles. The summed E-state index contributed by atoms with van der Waals surface area (Å²) in [5, 5.41) is 3.24. The molecule has 42 heavy (non-hydrogen) atoms. The summed E-state index contributed by atoms with van der Waals surface area (Å²) in [6.45, 7) is 7.76. The maximum atomic E-state index is 14.1. The van der Waals surface area contributed by atoms with E-state index in [2.05, 4.69) is 5.32 Å². The number of hydrogen-bond acceptors (Lipinski definition) is 5. The van der Waals surface area contributed by atoms with Gasteiger partial charge in [-0.25, -0.2) is 12.8 Å². The van der Waals surface area contributed by atoms with Gasteiger partial charge in [0.25, 0.3) is 10.0 Å². The summed E-state index contributed by atoms with van der Waals surface area (Å²) in [6, 6.07) is 16.7. The fourth-order valence-corrected chi connectivity index (χ4v) is 5.81. The van der Waals surface area contributed by atoms with Gasteiger partial charge in [-0.05, 0) is 85.5 Å². The van der Waals surface area contributed by atoms with E-state index >= 15 is 0 Å². The van der Waals surface area contributed by atoms with E-state index in [1.165, 1.54) is 53.4 Å². The highest BCUT2D eigenvalue weighted by atomic mass is 35.5. The summed E-state index contributed by atoms with van der Waals surface area (Å²) in [4.78, 5) is 28.6. The molecule has 0 heterocycles. The Labute approximate surface area is 252 Å². The van der Waals surface area contributed by atoms with Crippen molar-refractivity contribution in [2.45, 2.75) is 51.6 Å². The van der Waals surface area contributed by atoms with E-state index < -0.39 is 34.3 Å². The minimum absolute atomic E-state index is 0.0230. The van der Waals surface area contributed by atoms with Gasteiger partial charge in [0, 0.05) is 18.1 Å². The third-order valence-corrected chi connectivity index (χ3v) is 8.49. The molecule has 3 aromatic rings. The lowest BCUT2D eigenvalue weighted by Crippen LogP contribution is -2.52. The Bertz CT molecular complexity index is 1430. The van der Waals surface area contributed by atoms with Crippen LogP contribution in [0.5, 0.6) is 5.75 Å². The second-order valence-corrected chi connectivity index (χ2v) is 12.4. The first kappa shape index (κ1) is 32.9.